The second kappa shape index (κ2) is 7.76. The average molecular weight is 423 g/mol. The number of methoxy groups -OCH3 is 1. The van der Waals surface area contributed by atoms with Gasteiger partial charge in [-0.05, 0) is 60.3 Å². The lowest BCUT2D eigenvalue weighted by Crippen LogP contribution is -2.29. The Balaban J connectivity index is 1.97. The highest BCUT2D eigenvalue weighted by Gasteiger charge is 2.48. The van der Waals surface area contributed by atoms with Crippen molar-refractivity contribution in [3.63, 3.8) is 0 Å². The zero-order valence-electron chi connectivity index (χ0n) is 16.3. The first-order valence-corrected chi connectivity index (χ1v) is 10.1. The van der Waals surface area contributed by atoms with Crippen molar-refractivity contribution in [1.29, 1.82) is 0 Å². The first-order chi connectivity index (χ1) is 14.4. The number of thiophene rings is 1. The number of hydrogen-bond donors (Lipinski definition) is 1. The van der Waals surface area contributed by atoms with E-state index in [4.69, 9.17) is 4.74 Å². The fraction of sp³-hybridized carbons (Fsp3) is 0.130. The molecular formula is C23H18FNO4S. The van der Waals surface area contributed by atoms with Gasteiger partial charge in [-0.3, -0.25) is 14.5 Å². The Hall–Kier alpha value is -3.45. The summed E-state index contributed by atoms with van der Waals surface area (Å²) in [6.45, 7) is 1.87. The quantitative estimate of drug-likeness (QED) is 0.371. The standard InChI is InChI=1S/C23H18FNO4S/c1-13-11-12-30-22(13)19-18(20(26)16-5-3-4-6-17(16)29-2)21(27)23(28)25(19)15-9-7-14(24)8-10-15/h3-12,19,26H,1-2H3/b20-18+. The summed E-state index contributed by atoms with van der Waals surface area (Å²) in [5.41, 5.74) is 1.54. The highest BCUT2D eigenvalue weighted by Crippen LogP contribution is 2.45. The number of anilines is 1. The second-order valence-electron chi connectivity index (χ2n) is 6.81. The highest BCUT2D eigenvalue weighted by atomic mass is 32.1. The molecule has 4 rings (SSSR count). The molecule has 0 spiro atoms. The molecule has 3 aromatic rings. The maximum Gasteiger partial charge on any atom is 0.300 e. The summed E-state index contributed by atoms with van der Waals surface area (Å²) in [5.74, 6) is -1.97. The first kappa shape index (κ1) is 19.8. The molecule has 1 fully saturated rings. The second-order valence-corrected chi connectivity index (χ2v) is 7.76. The molecule has 1 aliphatic rings. The number of Topliss-reactive ketones (excluding diaryl/α,β-unsaturated/α-hetero) is 1. The van der Waals surface area contributed by atoms with E-state index in [9.17, 15) is 19.1 Å². The molecule has 1 aromatic heterocycles. The van der Waals surface area contributed by atoms with E-state index in [0.29, 0.717) is 17.0 Å². The molecule has 1 amide bonds. The van der Waals surface area contributed by atoms with Gasteiger partial charge in [0.05, 0.1) is 18.2 Å². The van der Waals surface area contributed by atoms with Gasteiger partial charge in [0.1, 0.15) is 23.4 Å². The number of aryl methyl sites for hydroxylation is 1. The van der Waals surface area contributed by atoms with Gasteiger partial charge in [-0.2, -0.15) is 0 Å². The van der Waals surface area contributed by atoms with Crippen LogP contribution in [0.1, 0.15) is 22.0 Å². The Morgan fingerprint density at radius 2 is 1.80 bits per heavy atom. The van der Waals surface area contributed by atoms with Gasteiger partial charge in [0, 0.05) is 10.6 Å². The third-order valence-corrected chi connectivity index (χ3v) is 6.13. The summed E-state index contributed by atoms with van der Waals surface area (Å²) in [4.78, 5) is 28.1. The number of halogens is 1. The third-order valence-electron chi connectivity index (χ3n) is 5.06. The van der Waals surface area contributed by atoms with Crippen LogP contribution in [-0.2, 0) is 9.59 Å². The predicted octanol–water partition coefficient (Wildman–Crippen LogP) is 4.83. The van der Waals surface area contributed by atoms with Crippen LogP contribution in [0.5, 0.6) is 5.75 Å². The third kappa shape index (κ3) is 3.17. The van der Waals surface area contributed by atoms with E-state index in [1.54, 1.807) is 24.3 Å². The maximum atomic E-state index is 13.5. The lowest BCUT2D eigenvalue weighted by atomic mass is 9.98. The van der Waals surface area contributed by atoms with Gasteiger partial charge in [0.2, 0.25) is 0 Å². The molecule has 30 heavy (non-hydrogen) atoms. The van der Waals surface area contributed by atoms with Gasteiger partial charge < -0.3 is 9.84 Å². The summed E-state index contributed by atoms with van der Waals surface area (Å²) in [7, 11) is 1.46. The normalized spacial score (nSPS) is 18.1. The van der Waals surface area contributed by atoms with E-state index < -0.39 is 23.5 Å². The molecule has 1 aliphatic heterocycles. The number of carbonyl (C=O) groups excluding carboxylic acids is 2. The van der Waals surface area contributed by atoms with Gasteiger partial charge in [0.15, 0.2) is 0 Å². The SMILES string of the molecule is COc1ccccc1/C(O)=C1\C(=O)C(=O)N(c2ccc(F)cc2)C1c1sccc1C. The van der Waals surface area contributed by atoms with E-state index in [1.807, 2.05) is 18.4 Å². The molecule has 2 aromatic carbocycles. The highest BCUT2D eigenvalue weighted by molar-refractivity contribution is 7.10. The van der Waals surface area contributed by atoms with Crippen molar-refractivity contribution in [2.45, 2.75) is 13.0 Å². The summed E-state index contributed by atoms with van der Waals surface area (Å²) in [6, 6.07) is 13.1. The molecule has 0 aliphatic carbocycles. The largest absolute Gasteiger partial charge is 0.507 e. The monoisotopic (exact) mass is 423 g/mol. The van der Waals surface area contributed by atoms with Crippen LogP contribution in [0.4, 0.5) is 10.1 Å². The summed E-state index contributed by atoms with van der Waals surface area (Å²) in [6.07, 6.45) is 0. The molecule has 0 radical (unpaired) electrons. The first-order valence-electron chi connectivity index (χ1n) is 9.18. The van der Waals surface area contributed by atoms with E-state index in [-0.39, 0.29) is 11.3 Å². The fourth-order valence-electron chi connectivity index (χ4n) is 3.60. The smallest absolute Gasteiger partial charge is 0.300 e. The lowest BCUT2D eigenvalue weighted by Gasteiger charge is -2.25. The van der Waals surface area contributed by atoms with Crippen molar-refractivity contribution in [3.05, 3.63) is 87.4 Å². The van der Waals surface area contributed by atoms with Crippen molar-refractivity contribution in [2.75, 3.05) is 12.0 Å². The molecule has 1 saturated heterocycles. The number of nitrogens with zero attached hydrogens (tertiary/aromatic N) is 1. The number of aliphatic hydroxyl groups is 1. The van der Waals surface area contributed by atoms with Crippen molar-refractivity contribution in [3.8, 4) is 5.75 Å². The Morgan fingerprint density at radius 3 is 2.43 bits per heavy atom. The number of ketones is 1. The van der Waals surface area contributed by atoms with E-state index in [2.05, 4.69) is 0 Å². The summed E-state index contributed by atoms with van der Waals surface area (Å²) >= 11 is 1.38. The number of rotatable bonds is 4. The average Bonchev–Trinajstić information content (AvgIpc) is 3.29. The minimum atomic E-state index is -0.833. The van der Waals surface area contributed by atoms with Gasteiger partial charge in [0.25, 0.3) is 11.7 Å². The van der Waals surface area contributed by atoms with Crippen LogP contribution in [0.15, 0.2) is 65.6 Å². The number of benzene rings is 2. The number of carbonyl (C=O) groups is 2. The molecule has 0 bridgehead atoms. The molecule has 2 heterocycles. The number of amides is 1. The van der Waals surface area contributed by atoms with Crippen LogP contribution in [0.2, 0.25) is 0 Å². The molecule has 5 nitrogen and oxygen atoms in total. The zero-order chi connectivity index (χ0) is 21.4. The van der Waals surface area contributed by atoms with Gasteiger partial charge >= 0.3 is 0 Å². The Kier molecular flexibility index (Phi) is 5.13. The van der Waals surface area contributed by atoms with Crippen LogP contribution in [0.3, 0.4) is 0 Å². The molecular weight excluding hydrogens is 405 g/mol. The predicted molar refractivity (Wildman–Crippen MR) is 113 cm³/mol. The minimum absolute atomic E-state index is 0.0284. The Bertz CT molecular complexity index is 1170. The Morgan fingerprint density at radius 1 is 1.10 bits per heavy atom. The molecule has 7 heteroatoms. The van der Waals surface area contributed by atoms with Crippen LogP contribution in [0, 0.1) is 12.7 Å². The van der Waals surface area contributed by atoms with E-state index in [1.165, 1.54) is 47.6 Å². The van der Waals surface area contributed by atoms with Gasteiger partial charge in [-0.25, -0.2) is 4.39 Å². The lowest BCUT2D eigenvalue weighted by molar-refractivity contribution is -0.132. The molecule has 1 N–H and O–H groups in total. The van der Waals surface area contributed by atoms with Gasteiger partial charge in [-0.1, -0.05) is 12.1 Å². The molecule has 1 unspecified atom stereocenters. The van der Waals surface area contributed by atoms with E-state index in [0.717, 1.165) is 10.4 Å². The molecule has 1 atom stereocenters. The number of aliphatic hydroxyl groups excluding tert-OH is 1. The van der Waals surface area contributed by atoms with Crippen molar-refractivity contribution in [1.82, 2.24) is 0 Å². The Labute approximate surface area is 176 Å². The van der Waals surface area contributed by atoms with Crippen LogP contribution in [0.25, 0.3) is 5.76 Å². The molecule has 152 valence electrons. The van der Waals surface area contributed by atoms with Crippen LogP contribution < -0.4 is 9.64 Å². The summed E-state index contributed by atoms with van der Waals surface area (Å²) < 4.78 is 18.8. The number of ether oxygens (including phenoxy) is 1. The van der Waals surface area contributed by atoms with Crippen molar-refractivity contribution < 1.29 is 23.8 Å². The van der Waals surface area contributed by atoms with Crippen molar-refractivity contribution in [2.24, 2.45) is 0 Å². The minimum Gasteiger partial charge on any atom is -0.507 e. The van der Waals surface area contributed by atoms with Gasteiger partial charge in [-0.15, -0.1) is 11.3 Å². The number of hydrogen-bond acceptors (Lipinski definition) is 5. The maximum absolute atomic E-state index is 13.5. The topological polar surface area (TPSA) is 66.8 Å². The zero-order valence-corrected chi connectivity index (χ0v) is 17.1. The van der Waals surface area contributed by atoms with Crippen molar-refractivity contribution >= 4 is 34.5 Å². The van der Waals surface area contributed by atoms with Crippen LogP contribution in [-0.4, -0.2) is 23.9 Å². The summed E-state index contributed by atoms with van der Waals surface area (Å²) in [5, 5.41) is 13.0. The van der Waals surface area contributed by atoms with E-state index >= 15 is 0 Å². The molecule has 0 saturated carbocycles. The van der Waals surface area contributed by atoms with Crippen LogP contribution >= 0.6 is 11.3 Å². The fourth-order valence-corrected chi connectivity index (χ4v) is 4.62. The number of para-hydroxylation sites is 1.